The van der Waals surface area contributed by atoms with Gasteiger partial charge in [-0.25, -0.2) is 12.8 Å². The van der Waals surface area contributed by atoms with Gasteiger partial charge in [-0.2, -0.15) is 4.72 Å². The largest absolute Gasteiger partial charge is 0.348 e. The predicted molar refractivity (Wildman–Crippen MR) is 96.9 cm³/mol. The molecule has 0 fully saturated rings. The minimum Gasteiger partial charge on any atom is -0.348 e. The summed E-state index contributed by atoms with van der Waals surface area (Å²) in [5, 5.41) is 2.74. The fourth-order valence-corrected chi connectivity index (χ4v) is 4.16. The van der Waals surface area contributed by atoms with Gasteiger partial charge in [0.15, 0.2) is 0 Å². The average Bonchev–Trinajstić information content (AvgIpc) is 2.54. The summed E-state index contributed by atoms with van der Waals surface area (Å²) >= 11 is 3.41. The van der Waals surface area contributed by atoms with Gasteiger partial charge in [-0.05, 0) is 37.6 Å². The standard InChI is InChI=1S/C17H18BrFN2O3S/c1-11(13-7-3-4-8-14(13)18)20-17(22)12(2)21-25(23,24)16-10-6-5-9-15(16)19/h3-12,21H,1-2H3,(H,20,22). The van der Waals surface area contributed by atoms with Crippen LogP contribution in [0.1, 0.15) is 25.5 Å². The number of hydrogen-bond donors (Lipinski definition) is 2. The van der Waals surface area contributed by atoms with Gasteiger partial charge in [0.05, 0.1) is 12.1 Å². The summed E-state index contributed by atoms with van der Waals surface area (Å²) in [6.07, 6.45) is 0. The number of nitrogens with one attached hydrogen (secondary N) is 2. The molecule has 0 heterocycles. The van der Waals surface area contributed by atoms with E-state index in [1.807, 2.05) is 24.3 Å². The summed E-state index contributed by atoms with van der Waals surface area (Å²) < 4.78 is 41.2. The summed E-state index contributed by atoms with van der Waals surface area (Å²) in [6, 6.07) is 11.0. The minimum absolute atomic E-state index is 0.330. The van der Waals surface area contributed by atoms with Crippen molar-refractivity contribution in [2.75, 3.05) is 0 Å². The van der Waals surface area contributed by atoms with Gasteiger partial charge in [0.25, 0.3) is 0 Å². The second-order valence-electron chi connectivity index (χ2n) is 5.53. The first-order valence-corrected chi connectivity index (χ1v) is 9.81. The molecule has 0 aliphatic rings. The fourth-order valence-electron chi connectivity index (χ4n) is 2.25. The Morgan fingerprint density at radius 1 is 1.08 bits per heavy atom. The molecule has 2 atom stereocenters. The van der Waals surface area contributed by atoms with E-state index in [0.717, 1.165) is 22.2 Å². The maximum Gasteiger partial charge on any atom is 0.244 e. The summed E-state index contributed by atoms with van der Waals surface area (Å²) in [5.41, 5.74) is 0.861. The third kappa shape index (κ3) is 4.87. The highest BCUT2D eigenvalue weighted by atomic mass is 79.9. The number of carbonyl (C=O) groups excluding carboxylic acids is 1. The normalized spacial score (nSPS) is 13.9. The van der Waals surface area contributed by atoms with Crippen LogP contribution in [0.15, 0.2) is 57.9 Å². The number of halogens is 2. The van der Waals surface area contributed by atoms with Crippen molar-refractivity contribution in [1.29, 1.82) is 0 Å². The molecule has 5 nitrogen and oxygen atoms in total. The van der Waals surface area contributed by atoms with Crippen LogP contribution >= 0.6 is 15.9 Å². The highest BCUT2D eigenvalue weighted by Gasteiger charge is 2.25. The van der Waals surface area contributed by atoms with Crippen molar-refractivity contribution in [3.63, 3.8) is 0 Å². The topological polar surface area (TPSA) is 75.3 Å². The number of carbonyl (C=O) groups is 1. The predicted octanol–water partition coefficient (Wildman–Crippen LogP) is 3.13. The molecule has 0 spiro atoms. The Hall–Kier alpha value is -1.77. The van der Waals surface area contributed by atoms with Gasteiger partial charge in [-0.3, -0.25) is 4.79 Å². The van der Waals surface area contributed by atoms with E-state index in [2.05, 4.69) is 26.0 Å². The number of sulfonamides is 1. The van der Waals surface area contributed by atoms with Crippen LogP contribution in [0.25, 0.3) is 0 Å². The van der Waals surface area contributed by atoms with Crippen molar-refractivity contribution >= 4 is 31.9 Å². The summed E-state index contributed by atoms with van der Waals surface area (Å²) in [6.45, 7) is 3.19. The van der Waals surface area contributed by atoms with Crippen LogP contribution in [-0.4, -0.2) is 20.4 Å². The van der Waals surface area contributed by atoms with Gasteiger partial charge in [-0.1, -0.05) is 46.3 Å². The molecule has 1 amide bonds. The van der Waals surface area contributed by atoms with Crippen molar-refractivity contribution in [3.05, 3.63) is 64.4 Å². The number of benzene rings is 2. The van der Waals surface area contributed by atoms with Gasteiger partial charge in [0.2, 0.25) is 15.9 Å². The quantitative estimate of drug-likeness (QED) is 0.741. The Bertz CT molecular complexity index is 874. The van der Waals surface area contributed by atoms with Crippen LogP contribution in [0.2, 0.25) is 0 Å². The second kappa shape index (κ2) is 8.07. The molecule has 2 N–H and O–H groups in total. The maximum atomic E-state index is 13.7. The van der Waals surface area contributed by atoms with Crippen LogP contribution in [0, 0.1) is 5.82 Å². The van der Waals surface area contributed by atoms with Gasteiger partial charge >= 0.3 is 0 Å². The van der Waals surface area contributed by atoms with E-state index >= 15 is 0 Å². The van der Waals surface area contributed by atoms with E-state index in [4.69, 9.17) is 0 Å². The molecule has 2 rings (SSSR count). The Balaban J connectivity index is 2.08. The zero-order valence-electron chi connectivity index (χ0n) is 13.7. The Labute approximate surface area is 154 Å². The van der Waals surface area contributed by atoms with E-state index < -0.39 is 32.7 Å². The molecule has 0 bridgehead atoms. The Morgan fingerprint density at radius 2 is 1.68 bits per heavy atom. The lowest BCUT2D eigenvalue weighted by Crippen LogP contribution is -2.45. The van der Waals surface area contributed by atoms with Crippen LogP contribution in [0.3, 0.4) is 0 Å². The first kappa shape index (κ1) is 19.6. The summed E-state index contributed by atoms with van der Waals surface area (Å²) in [4.78, 5) is 11.8. The number of rotatable bonds is 6. The number of amides is 1. The average molecular weight is 429 g/mol. The zero-order chi connectivity index (χ0) is 18.6. The molecule has 0 aromatic heterocycles. The van der Waals surface area contributed by atoms with Crippen molar-refractivity contribution in [2.45, 2.75) is 30.8 Å². The van der Waals surface area contributed by atoms with Crippen molar-refractivity contribution in [1.82, 2.24) is 10.0 Å². The van der Waals surface area contributed by atoms with Crippen LogP contribution < -0.4 is 10.0 Å². The first-order valence-electron chi connectivity index (χ1n) is 7.54. The molecule has 2 aromatic rings. The number of hydrogen-bond acceptors (Lipinski definition) is 3. The van der Waals surface area contributed by atoms with Crippen molar-refractivity contribution in [2.24, 2.45) is 0 Å². The zero-order valence-corrected chi connectivity index (χ0v) is 16.1. The lowest BCUT2D eigenvalue weighted by atomic mass is 10.1. The molecule has 25 heavy (non-hydrogen) atoms. The summed E-state index contributed by atoms with van der Waals surface area (Å²) in [5.74, 6) is -1.38. The Kier molecular flexibility index (Phi) is 6.31. The monoisotopic (exact) mass is 428 g/mol. The second-order valence-corrected chi connectivity index (χ2v) is 8.06. The molecule has 2 aromatic carbocycles. The molecule has 0 aliphatic carbocycles. The van der Waals surface area contributed by atoms with Crippen LogP contribution in [0.5, 0.6) is 0 Å². The molecule has 134 valence electrons. The van der Waals surface area contributed by atoms with Gasteiger partial charge < -0.3 is 5.32 Å². The maximum absolute atomic E-state index is 13.7. The molecular weight excluding hydrogens is 411 g/mol. The fraction of sp³-hybridized carbons (Fsp3) is 0.235. The van der Waals surface area contributed by atoms with E-state index in [9.17, 15) is 17.6 Å². The van der Waals surface area contributed by atoms with Gasteiger partial charge in [-0.15, -0.1) is 0 Å². The lowest BCUT2D eigenvalue weighted by Gasteiger charge is -2.19. The third-order valence-electron chi connectivity index (χ3n) is 3.58. The smallest absolute Gasteiger partial charge is 0.244 e. The van der Waals surface area contributed by atoms with E-state index in [1.54, 1.807) is 6.92 Å². The van der Waals surface area contributed by atoms with Crippen molar-refractivity contribution in [3.8, 4) is 0 Å². The molecule has 0 saturated heterocycles. The molecule has 0 radical (unpaired) electrons. The summed E-state index contributed by atoms with van der Waals surface area (Å²) in [7, 11) is -4.14. The van der Waals surface area contributed by atoms with Crippen LogP contribution in [-0.2, 0) is 14.8 Å². The van der Waals surface area contributed by atoms with E-state index in [1.165, 1.54) is 19.1 Å². The SMILES string of the molecule is CC(NS(=O)(=O)c1ccccc1F)C(=O)NC(C)c1ccccc1Br. The molecule has 0 saturated carbocycles. The molecule has 8 heteroatoms. The molecule has 0 aliphatic heterocycles. The highest BCUT2D eigenvalue weighted by Crippen LogP contribution is 2.22. The van der Waals surface area contributed by atoms with Gasteiger partial charge in [0.1, 0.15) is 10.7 Å². The Morgan fingerprint density at radius 3 is 2.32 bits per heavy atom. The highest BCUT2D eigenvalue weighted by molar-refractivity contribution is 9.10. The first-order chi connectivity index (χ1) is 11.7. The van der Waals surface area contributed by atoms with Gasteiger partial charge in [0, 0.05) is 4.47 Å². The van der Waals surface area contributed by atoms with Crippen molar-refractivity contribution < 1.29 is 17.6 Å². The van der Waals surface area contributed by atoms with Crippen LogP contribution in [0.4, 0.5) is 4.39 Å². The molecule has 2 unspecified atom stereocenters. The lowest BCUT2D eigenvalue weighted by molar-refractivity contribution is -0.123. The van der Waals surface area contributed by atoms with E-state index in [-0.39, 0.29) is 6.04 Å². The third-order valence-corrected chi connectivity index (χ3v) is 5.88. The molecular formula is C17H18BrFN2O3S. The minimum atomic E-state index is -4.14. The van der Waals surface area contributed by atoms with E-state index in [0.29, 0.717) is 0 Å².